The number of rotatable bonds is 7. The minimum Gasteiger partial charge on any atom is 0 e. The van der Waals surface area contributed by atoms with Gasteiger partial charge in [0.2, 0.25) is 0 Å². The molecule has 0 spiro atoms. The third-order valence-corrected chi connectivity index (χ3v) is 2.05. The van der Waals surface area contributed by atoms with E-state index in [0.29, 0.717) is 0 Å². The maximum Gasteiger partial charge on any atom is 0 e. The summed E-state index contributed by atoms with van der Waals surface area (Å²) in [6, 6.07) is 0. The second-order valence-corrected chi connectivity index (χ2v) is 3.74. The molecule has 0 aromatic carbocycles. The molecule has 0 bridgehead atoms. The Morgan fingerprint density at radius 3 is 1.78 bits per heavy atom. The minimum absolute atomic E-state index is 0. The van der Waals surface area contributed by atoms with Gasteiger partial charge in [-0.3, -0.25) is 0 Å². The van der Waals surface area contributed by atoms with Gasteiger partial charge in [-0.15, -0.1) is 0 Å². The fraction of sp³-hybridized carbons (Fsp3) is 0.500. The summed E-state index contributed by atoms with van der Waals surface area (Å²) in [7, 11) is 0. The molecule has 0 aliphatic heterocycles. The van der Waals surface area contributed by atoms with Gasteiger partial charge in [0.1, 0.15) is 18.3 Å². The summed E-state index contributed by atoms with van der Waals surface area (Å²) in [5.74, 6) is -2.64. The first-order valence-corrected chi connectivity index (χ1v) is 5.77. The van der Waals surface area contributed by atoms with E-state index in [2.05, 4.69) is 0 Å². The maximum atomic E-state index is 10.1. The van der Waals surface area contributed by atoms with E-state index in [1.54, 1.807) is 12.2 Å². The van der Waals surface area contributed by atoms with E-state index in [4.69, 9.17) is 35.7 Å². The molecule has 0 rings (SSSR count). The third-order valence-electron chi connectivity index (χ3n) is 2.05. The number of aliphatic carboxylic acids is 2. The number of hydrogen-bond donors (Lipinski definition) is 7. The summed E-state index contributed by atoms with van der Waals surface area (Å²) in [5, 5.41) is 59.8. The largest absolute Gasteiger partial charge is 0 e. The number of hydrogen-bond acceptors (Lipinski definition) is 7. The van der Waals surface area contributed by atoms with Crippen LogP contribution in [0, 0.1) is 0 Å². The second kappa shape index (κ2) is 18.8. The maximum absolute atomic E-state index is 10.1. The van der Waals surface area contributed by atoms with Crippen LogP contribution in [0.4, 0.5) is 0 Å². The Morgan fingerprint density at radius 2 is 1.48 bits per heavy atom. The fourth-order valence-electron chi connectivity index (χ4n) is 0.917. The van der Waals surface area contributed by atoms with Crippen LogP contribution in [-0.4, -0.2) is 130 Å². The summed E-state index contributed by atoms with van der Waals surface area (Å²) in [4.78, 5) is 19.8. The molecule has 0 saturated heterocycles. The molecule has 0 aromatic heterocycles. The zero-order chi connectivity index (χ0) is 17.0. The van der Waals surface area contributed by atoms with Crippen molar-refractivity contribution in [2.45, 2.75) is 31.3 Å². The van der Waals surface area contributed by atoms with Crippen LogP contribution >= 0.6 is 0 Å². The molecule has 7 N–H and O–H groups in total. The van der Waals surface area contributed by atoms with Gasteiger partial charge in [0.25, 0.3) is 0 Å². The van der Waals surface area contributed by atoms with Gasteiger partial charge in [0, 0.05) is 25.6 Å². The summed E-state index contributed by atoms with van der Waals surface area (Å²) < 4.78 is 0. The van der Waals surface area contributed by atoms with Gasteiger partial charge in [0.05, 0.1) is 6.61 Å². The molecule has 4 atom stereocenters. The monoisotopic (exact) mass is 412 g/mol. The molecule has 0 aromatic rings. The van der Waals surface area contributed by atoms with Gasteiger partial charge in [-0.05, 0) is 6.92 Å². The van der Waals surface area contributed by atoms with Crippen LogP contribution in [0.5, 0.6) is 0 Å². The van der Waals surface area contributed by atoms with E-state index in [-0.39, 0.29) is 70.9 Å². The van der Waals surface area contributed by atoms with E-state index in [0.717, 1.165) is 6.08 Å². The minimum atomic E-state index is -2.20. The molecule has 126 valence electrons. The Kier molecular flexibility index (Phi) is 25.6. The quantitative estimate of drug-likeness (QED) is 0.131. The van der Waals surface area contributed by atoms with Gasteiger partial charge >= 0.3 is 63.3 Å². The van der Waals surface area contributed by atoms with E-state index >= 15 is 0 Å². The normalized spacial score (nSPS) is 15.4. The van der Waals surface area contributed by atoms with E-state index in [9.17, 15) is 9.59 Å². The Hall–Kier alpha value is 0.480. The van der Waals surface area contributed by atoms with Gasteiger partial charge in [0.15, 0.2) is 6.10 Å². The van der Waals surface area contributed by atoms with E-state index in [1.807, 2.05) is 6.92 Å². The molecule has 0 amide bonds. The van der Waals surface area contributed by atoms with Crippen molar-refractivity contribution in [3.8, 4) is 0 Å². The SMILES string of the molecule is C/C=C/C=C/C(=O)O.O=C(O)C(O)C(O)C(O)C(O)CO.[KH].[Zn]. The topological polar surface area (TPSA) is 176 Å². The molecule has 4 unspecified atom stereocenters. The number of aliphatic hydroxyl groups is 5. The molecule has 0 fully saturated rings. The number of carboxylic acids is 2. The fourth-order valence-corrected chi connectivity index (χ4v) is 0.917. The first kappa shape index (κ1) is 31.3. The number of aliphatic hydroxyl groups excluding tert-OH is 5. The molecule has 0 aliphatic rings. The van der Waals surface area contributed by atoms with Crippen LogP contribution in [0.1, 0.15) is 6.92 Å². The van der Waals surface area contributed by atoms with Crippen molar-refractivity contribution in [1.82, 2.24) is 0 Å². The average Bonchev–Trinajstić information content (AvgIpc) is 2.44. The van der Waals surface area contributed by atoms with Crippen molar-refractivity contribution in [2.24, 2.45) is 0 Å². The molecule has 0 aliphatic carbocycles. The van der Waals surface area contributed by atoms with E-state index in [1.165, 1.54) is 6.08 Å². The molecule has 0 heterocycles. The summed E-state index contributed by atoms with van der Waals surface area (Å²) in [5.41, 5.74) is 0. The van der Waals surface area contributed by atoms with Crippen molar-refractivity contribution in [2.75, 3.05) is 6.61 Å². The van der Waals surface area contributed by atoms with Crippen LogP contribution in [0.15, 0.2) is 24.3 Å². The van der Waals surface area contributed by atoms with Crippen molar-refractivity contribution in [3.05, 3.63) is 24.3 Å². The smallest absolute Gasteiger partial charge is 0 e. The first-order chi connectivity index (χ1) is 9.68. The van der Waals surface area contributed by atoms with Crippen molar-refractivity contribution in [1.29, 1.82) is 0 Å². The summed E-state index contributed by atoms with van der Waals surface area (Å²) >= 11 is 0. The predicted octanol–water partition coefficient (Wildman–Crippen LogP) is -2.94. The summed E-state index contributed by atoms with van der Waals surface area (Å²) in [6.45, 7) is 0.983. The Balaban J connectivity index is -0.000000158. The van der Waals surface area contributed by atoms with Gasteiger partial charge in [-0.25, -0.2) is 9.59 Å². The standard InChI is InChI=1S/C6H12O7.C6H8O2.K.Zn.H/c7-1-2(8)3(9)4(10)5(11)6(12)13;1-2-3-4-5-6(7)8;;;/h2-5,7-11H,1H2,(H,12,13);2-5H,1H3,(H,7,8);;;/b;3-2+,5-4+;;;. The Bertz CT molecular complexity index is 376. The predicted molar refractivity (Wildman–Crippen MR) is 77.5 cm³/mol. The first-order valence-electron chi connectivity index (χ1n) is 5.77. The third kappa shape index (κ3) is 17.1. The Morgan fingerprint density at radius 1 is 1.00 bits per heavy atom. The molecule has 23 heavy (non-hydrogen) atoms. The zero-order valence-corrected chi connectivity index (χ0v) is 14.9. The second-order valence-electron chi connectivity index (χ2n) is 3.74. The zero-order valence-electron chi connectivity index (χ0n) is 12.0. The molecule has 0 radical (unpaired) electrons. The average molecular weight is 414 g/mol. The van der Waals surface area contributed by atoms with E-state index < -0.39 is 43.0 Å². The molecule has 9 nitrogen and oxygen atoms in total. The molecular weight excluding hydrogens is 393 g/mol. The molecule has 11 heteroatoms. The van der Waals surface area contributed by atoms with Gasteiger partial charge in [-0.2, -0.15) is 0 Å². The molecule has 0 saturated carbocycles. The van der Waals surface area contributed by atoms with Crippen LogP contribution < -0.4 is 0 Å². The van der Waals surface area contributed by atoms with Crippen molar-refractivity contribution >= 4 is 63.3 Å². The number of carbonyl (C=O) groups is 2. The number of carboxylic acid groups (broad SMARTS) is 2. The molecular formula is C12H21KO9Zn. The summed E-state index contributed by atoms with van der Waals surface area (Å²) in [6.07, 6.45) is -1.86. The number of allylic oxidation sites excluding steroid dienone is 3. The Labute approximate surface area is 188 Å². The van der Waals surface area contributed by atoms with Crippen LogP contribution in [0.25, 0.3) is 0 Å². The van der Waals surface area contributed by atoms with Crippen LogP contribution in [0.3, 0.4) is 0 Å². The van der Waals surface area contributed by atoms with Gasteiger partial charge < -0.3 is 35.7 Å². The van der Waals surface area contributed by atoms with Crippen LogP contribution in [0.2, 0.25) is 0 Å². The van der Waals surface area contributed by atoms with Crippen molar-refractivity contribution in [3.63, 3.8) is 0 Å². The van der Waals surface area contributed by atoms with Crippen LogP contribution in [-0.2, 0) is 29.1 Å². The van der Waals surface area contributed by atoms with Gasteiger partial charge in [-0.1, -0.05) is 18.2 Å². The van der Waals surface area contributed by atoms with Crippen molar-refractivity contribution < 1.29 is 64.8 Å².